The summed E-state index contributed by atoms with van der Waals surface area (Å²) in [5, 5.41) is 4.62. The fourth-order valence-electron chi connectivity index (χ4n) is 3.49. The van der Waals surface area contributed by atoms with Gasteiger partial charge in [-0.3, -0.25) is 9.59 Å². The molecule has 0 radical (unpaired) electrons. The molecule has 10 heteroatoms. The van der Waals surface area contributed by atoms with Crippen molar-refractivity contribution in [1.29, 1.82) is 0 Å². The molecule has 0 bridgehead atoms. The number of hydrogen-bond donors (Lipinski definition) is 1. The fraction of sp³-hybridized carbons (Fsp3) is 0.182. The van der Waals surface area contributed by atoms with Gasteiger partial charge in [0.1, 0.15) is 9.34 Å². The lowest BCUT2D eigenvalue weighted by atomic mass is 10.0. The van der Waals surface area contributed by atoms with Crippen LogP contribution in [0.2, 0.25) is 9.36 Å². The Morgan fingerprint density at radius 1 is 1.19 bits per heavy atom. The molecule has 1 amide bonds. The standard InChI is InChI=1S/C22H18Cl2N4O3S/c1-11-6-14-16(8-15(11)23)28(10-19-26-9-17(24)32-19)12(2)20(14)21(29)22(30)27-13-4-5-25-18(7-13)31-3/h4-9H,10H2,1-3H3,(H,25,27,30). The van der Waals surface area contributed by atoms with Gasteiger partial charge in [-0.25, -0.2) is 9.97 Å². The number of methoxy groups -OCH3 is 1. The summed E-state index contributed by atoms with van der Waals surface area (Å²) in [7, 11) is 1.47. The maximum atomic E-state index is 13.3. The number of nitrogens with zero attached hydrogens (tertiary/aromatic N) is 3. The number of benzene rings is 1. The highest BCUT2D eigenvalue weighted by Gasteiger charge is 2.26. The molecule has 0 aliphatic rings. The van der Waals surface area contributed by atoms with Gasteiger partial charge in [0.2, 0.25) is 5.88 Å². The van der Waals surface area contributed by atoms with Crippen molar-refractivity contribution < 1.29 is 14.3 Å². The lowest BCUT2D eigenvalue weighted by Gasteiger charge is -2.08. The van der Waals surface area contributed by atoms with Crippen molar-refractivity contribution in [2.75, 3.05) is 12.4 Å². The Labute approximate surface area is 198 Å². The number of amides is 1. The van der Waals surface area contributed by atoms with Crippen molar-refractivity contribution in [3.05, 3.63) is 67.8 Å². The summed E-state index contributed by atoms with van der Waals surface area (Å²) in [6, 6.07) is 6.75. The largest absolute Gasteiger partial charge is 0.481 e. The van der Waals surface area contributed by atoms with Crippen LogP contribution >= 0.6 is 34.5 Å². The number of anilines is 1. The van der Waals surface area contributed by atoms with Gasteiger partial charge >= 0.3 is 0 Å². The Hall–Kier alpha value is -2.94. The summed E-state index contributed by atoms with van der Waals surface area (Å²) in [5.41, 5.74) is 2.92. The number of carbonyl (C=O) groups is 2. The second-order valence-corrected chi connectivity index (χ2v) is 9.25. The quantitative estimate of drug-likeness (QED) is 0.294. The number of pyridine rings is 1. The van der Waals surface area contributed by atoms with Crippen LogP contribution in [-0.2, 0) is 11.3 Å². The molecule has 0 atom stereocenters. The van der Waals surface area contributed by atoms with E-state index >= 15 is 0 Å². The van der Waals surface area contributed by atoms with Crippen molar-refractivity contribution in [1.82, 2.24) is 14.5 Å². The van der Waals surface area contributed by atoms with E-state index in [0.717, 1.165) is 16.1 Å². The summed E-state index contributed by atoms with van der Waals surface area (Å²) in [4.78, 5) is 34.4. The number of thiazole rings is 1. The van der Waals surface area contributed by atoms with E-state index in [1.165, 1.54) is 30.7 Å². The molecule has 7 nitrogen and oxygen atoms in total. The number of Topliss-reactive ketones (excluding diaryl/α,β-unsaturated/α-hetero) is 1. The molecule has 3 heterocycles. The Morgan fingerprint density at radius 3 is 2.66 bits per heavy atom. The number of aryl methyl sites for hydroxylation is 1. The van der Waals surface area contributed by atoms with Crippen LogP contribution in [-0.4, -0.2) is 33.3 Å². The van der Waals surface area contributed by atoms with E-state index in [0.29, 0.717) is 44.1 Å². The maximum absolute atomic E-state index is 13.3. The smallest absolute Gasteiger partial charge is 0.296 e. The van der Waals surface area contributed by atoms with Crippen LogP contribution in [0.4, 0.5) is 5.69 Å². The summed E-state index contributed by atoms with van der Waals surface area (Å²) in [5.74, 6) is -1.08. The van der Waals surface area contributed by atoms with Crippen LogP contribution in [0.3, 0.4) is 0 Å². The summed E-state index contributed by atoms with van der Waals surface area (Å²) >= 11 is 13.8. The molecule has 0 aliphatic carbocycles. The summed E-state index contributed by atoms with van der Waals surface area (Å²) in [6.07, 6.45) is 3.07. The van der Waals surface area contributed by atoms with E-state index in [1.54, 1.807) is 25.3 Å². The third-order valence-corrected chi connectivity index (χ3v) is 6.56. The summed E-state index contributed by atoms with van der Waals surface area (Å²) < 4.78 is 7.56. The van der Waals surface area contributed by atoms with E-state index in [2.05, 4.69) is 15.3 Å². The van der Waals surface area contributed by atoms with Crippen LogP contribution < -0.4 is 10.1 Å². The molecule has 164 valence electrons. The topological polar surface area (TPSA) is 86.1 Å². The predicted octanol–water partition coefficient (Wildman–Crippen LogP) is 5.29. The van der Waals surface area contributed by atoms with Crippen LogP contribution in [0, 0.1) is 13.8 Å². The van der Waals surface area contributed by atoms with Crippen molar-refractivity contribution in [3.63, 3.8) is 0 Å². The van der Waals surface area contributed by atoms with Crippen molar-refractivity contribution in [3.8, 4) is 5.88 Å². The zero-order chi connectivity index (χ0) is 23.0. The van der Waals surface area contributed by atoms with Crippen LogP contribution in [0.5, 0.6) is 5.88 Å². The average Bonchev–Trinajstić information content (AvgIpc) is 3.29. The predicted molar refractivity (Wildman–Crippen MR) is 126 cm³/mol. The number of ether oxygens (including phenoxy) is 1. The van der Waals surface area contributed by atoms with Gasteiger partial charge in [-0.05, 0) is 37.6 Å². The first kappa shape index (κ1) is 22.3. The van der Waals surface area contributed by atoms with Gasteiger partial charge in [0.15, 0.2) is 0 Å². The van der Waals surface area contributed by atoms with Gasteiger partial charge in [-0.1, -0.05) is 23.2 Å². The van der Waals surface area contributed by atoms with Gasteiger partial charge in [0.25, 0.3) is 11.7 Å². The molecule has 1 aromatic carbocycles. The molecular weight excluding hydrogens is 471 g/mol. The molecule has 4 aromatic rings. The third kappa shape index (κ3) is 4.21. The lowest BCUT2D eigenvalue weighted by Crippen LogP contribution is -2.23. The van der Waals surface area contributed by atoms with Crippen molar-refractivity contribution in [2.45, 2.75) is 20.4 Å². The number of ketones is 1. The molecule has 32 heavy (non-hydrogen) atoms. The SMILES string of the molecule is COc1cc(NC(=O)C(=O)c2c(C)n(Cc3ncc(Cl)s3)c3cc(Cl)c(C)cc23)ccn1. The Kier molecular flexibility index (Phi) is 6.19. The first-order chi connectivity index (χ1) is 15.3. The van der Waals surface area contributed by atoms with Gasteiger partial charge < -0.3 is 14.6 Å². The molecule has 1 N–H and O–H groups in total. The zero-order valence-corrected chi connectivity index (χ0v) is 19.7. The highest BCUT2D eigenvalue weighted by Crippen LogP contribution is 2.32. The average molecular weight is 489 g/mol. The number of rotatable bonds is 6. The monoisotopic (exact) mass is 488 g/mol. The van der Waals surface area contributed by atoms with Gasteiger partial charge in [-0.2, -0.15) is 0 Å². The minimum absolute atomic E-state index is 0.320. The fourth-order valence-corrected chi connectivity index (χ4v) is 4.60. The molecule has 3 aromatic heterocycles. The first-order valence-electron chi connectivity index (χ1n) is 9.53. The Morgan fingerprint density at radius 2 is 1.97 bits per heavy atom. The Balaban J connectivity index is 1.76. The first-order valence-corrected chi connectivity index (χ1v) is 11.1. The normalized spacial score (nSPS) is 11.0. The minimum atomic E-state index is -0.759. The van der Waals surface area contributed by atoms with E-state index in [-0.39, 0.29) is 0 Å². The Bertz CT molecular complexity index is 1360. The van der Waals surface area contributed by atoms with Crippen LogP contribution in [0.25, 0.3) is 10.9 Å². The molecule has 0 aliphatic heterocycles. The second kappa shape index (κ2) is 8.90. The summed E-state index contributed by atoms with van der Waals surface area (Å²) in [6.45, 7) is 4.05. The third-order valence-electron chi connectivity index (χ3n) is 5.06. The highest BCUT2D eigenvalue weighted by atomic mass is 35.5. The van der Waals surface area contributed by atoms with Crippen LogP contribution in [0.1, 0.15) is 26.6 Å². The van der Waals surface area contributed by atoms with Crippen molar-refractivity contribution in [2.24, 2.45) is 0 Å². The van der Waals surface area contributed by atoms with E-state index in [9.17, 15) is 9.59 Å². The van der Waals surface area contributed by atoms with Gasteiger partial charge in [-0.15, -0.1) is 11.3 Å². The number of carbonyl (C=O) groups excluding carboxylic acids is 2. The minimum Gasteiger partial charge on any atom is -0.481 e. The lowest BCUT2D eigenvalue weighted by molar-refractivity contribution is -0.112. The van der Waals surface area contributed by atoms with E-state index in [1.807, 2.05) is 17.6 Å². The van der Waals surface area contributed by atoms with E-state index in [4.69, 9.17) is 27.9 Å². The molecule has 0 spiro atoms. The van der Waals surface area contributed by atoms with Crippen molar-refractivity contribution >= 4 is 62.8 Å². The molecule has 0 saturated carbocycles. The molecule has 0 saturated heterocycles. The van der Waals surface area contributed by atoms with Gasteiger partial charge in [0, 0.05) is 34.1 Å². The molecule has 4 rings (SSSR count). The maximum Gasteiger partial charge on any atom is 0.296 e. The number of aromatic nitrogens is 3. The number of nitrogens with one attached hydrogen (secondary N) is 1. The number of hydrogen-bond acceptors (Lipinski definition) is 6. The molecule has 0 unspecified atom stereocenters. The number of halogens is 2. The zero-order valence-electron chi connectivity index (χ0n) is 17.4. The second-order valence-electron chi connectivity index (χ2n) is 7.09. The highest BCUT2D eigenvalue weighted by molar-refractivity contribution is 7.15. The molecular formula is C22H18Cl2N4O3S. The number of fused-ring (bicyclic) bond motifs is 1. The van der Waals surface area contributed by atoms with Gasteiger partial charge in [0.05, 0.1) is 30.9 Å². The molecule has 0 fully saturated rings. The van der Waals surface area contributed by atoms with E-state index < -0.39 is 11.7 Å². The van der Waals surface area contributed by atoms with Crippen LogP contribution in [0.15, 0.2) is 36.7 Å².